The largest absolute Gasteiger partial charge is 0.362 e. The van der Waals surface area contributed by atoms with Crippen LogP contribution >= 0.6 is 0 Å². The third kappa shape index (κ3) is 5.18. The molecule has 80 valence electrons. The van der Waals surface area contributed by atoms with Crippen molar-refractivity contribution in [1.82, 2.24) is 0 Å². The molecule has 1 fully saturated rings. The summed E-state index contributed by atoms with van der Waals surface area (Å²) in [6, 6.07) is 0. The Morgan fingerprint density at radius 3 is 1.36 bits per heavy atom. The van der Waals surface area contributed by atoms with Crippen LogP contribution in [0.4, 0.5) is 0 Å². The molecule has 0 amide bonds. The van der Waals surface area contributed by atoms with E-state index in [1.54, 1.807) is 0 Å². The number of hydrogen-bond donors (Lipinski definition) is 0. The molecule has 2 heteroatoms. The van der Waals surface area contributed by atoms with Gasteiger partial charge in [0.25, 0.3) is 5.71 Å². The summed E-state index contributed by atoms with van der Waals surface area (Å²) in [6.45, 7) is 0. The van der Waals surface area contributed by atoms with Gasteiger partial charge < -0.3 is 5.53 Å². The van der Waals surface area contributed by atoms with Crippen LogP contribution in [0.25, 0.3) is 5.53 Å². The van der Waals surface area contributed by atoms with Crippen LogP contribution in [0.1, 0.15) is 70.6 Å². The Hall–Kier alpha value is -0.620. The van der Waals surface area contributed by atoms with E-state index in [-0.39, 0.29) is 0 Å². The second-order valence-corrected chi connectivity index (χ2v) is 4.35. The maximum Gasteiger partial charge on any atom is 0.268 e. The molecule has 1 rings (SSSR count). The van der Waals surface area contributed by atoms with Crippen LogP contribution in [-0.2, 0) is 0 Å². The molecule has 0 radical (unpaired) electrons. The summed E-state index contributed by atoms with van der Waals surface area (Å²) in [5.41, 5.74) is 9.80. The molecule has 0 aromatic rings. The molecule has 0 aliphatic heterocycles. The Kier molecular flexibility index (Phi) is 6.34. The van der Waals surface area contributed by atoms with Crippen molar-refractivity contribution in [2.45, 2.75) is 70.6 Å². The van der Waals surface area contributed by atoms with E-state index < -0.39 is 0 Å². The highest BCUT2D eigenvalue weighted by Gasteiger charge is 2.08. The van der Waals surface area contributed by atoms with Crippen LogP contribution in [0.3, 0.4) is 0 Å². The minimum atomic E-state index is 1.01. The van der Waals surface area contributed by atoms with Gasteiger partial charge in [0.2, 0.25) is 0 Å². The first-order valence-electron chi connectivity index (χ1n) is 6.13. The summed E-state index contributed by atoms with van der Waals surface area (Å²) in [4.78, 5) is 3.39. The highest BCUT2D eigenvalue weighted by Crippen LogP contribution is 2.14. The van der Waals surface area contributed by atoms with Gasteiger partial charge >= 0.3 is 0 Å². The van der Waals surface area contributed by atoms with Crippen LogP contribution in [0.2, 0.25) is 0 Å². The molecular formula is C12H22N2. The molecule has 2 nitrogen and oxygen atoms in total. The van der Waals surface area contributed by atoms with Crippen LogP contribution in [0.5, 0.6) is 0 Å². The lowest BCUT2D eigenvalue weighted by Gasteiger charge is -2.04. The molecule has 1 aliphatic carbocycles. The fourth-order valence-electron chi connectivity index (χ4n) is 2.12. The normalized spacial score (nSPS) is 21.9. The average Bonchev–Trinajstić information content (AvgIpc) is 2.19. The summed E-state index contributed by atoms with van der Waals surface area (Å²) >= 11 is 0. The lowest BCUT2D eigenvalue weighted by atomic mass is 10.00. The van der Waals surface area contributed by atoms with E-state index in [1.807, 2.05) is 0 Å². The van der Waals surface area contributed by atoms with Crippen LogP contribution in [0, 0.1) is 0 Å². The van der Waals surface area contributed by atoms with Crippen molar-refractivity contribution in [2.75, 3.05) is 0 Å². The van der Waals surface area contributed by atoms with E-state index in [4.69, 9.17) is 5.53 Å². The molecule has 1 aliphatic rings. The highest BCUT2D eigenvalue weighted by molar-refractivity contribution is 5.78. The first kappa shape index (κ1) is 11.5. The molecule has 14 heavy (non-hydrogen) atoms. The van der Waals surface area contributed by atoms with Gasteiger partial charge in [-0.2, -0.15) is 4.79 Å². The maximum absolute atomic E-state index is 8.78. The van der Waals surface area contributed by atoms with Gasteiger partial charge in [-0.25, -0.2) is 0 Å². The van der Waals surface area contributed by atoms with Crippen molar-refractivity contribution in [3.63, 3.8) is 0 Å². The van der Waals surface area contributed by atoms with Crippen molar-refractivity contribution in [2.24, 2.45) is 0 Å². The predicted octanol–water partition coefficient (Wildman–Crippen LogP) is 3.96. The van der Waals surface area contributed by atoms with Crippen LogP contribution < -0.4 is 0 Å². The standard InChI is InChI=1S/C12H22N2/c13-14-12-10-8-6-4-2-1-3-5-7-9-11-12/h1-11H2. The number of rotatable bonds is 0. The smallest absolute Gasteiger partial charge is 0.268 e. The van der Waals surface area contributed by atoms with Gasteiger partial charge in [0, 0.05) is 12.8 Å². The van der Waals surface area contributed by atoms with E-state index in [2.05, 4.69) is 4.79 Å². The third-order valence-corrected chi connectivity index (χ3v) is 3.07. The monoisotopic (exact) mass is 194 g/mol. The Bertz CT molecular complexity index is 178. The Labute approximate surface area is 87.3 Å². The van der Waals surface area contributed by atoms with E-state index in [1.165, 1.54) is 57.8 Å². The van der Waals surface area contributed by atoms with E-state index in [9.17, 15) is 0 Å². The number of nitrogens with zero attached hydrogens (tertiary/aromatic N) is 2. The molecule has 0 N–H and O–H groups in total. The van der Waals surface area contributed by atoms with Crippen molar-refractivity contribution < 1.29 is 4.79 Å². The Morgan fingerprint density at radius 1 is 0.643 bits per heavy atom. The van der Waals surface area contributed by atoms with Crippen LogP contribution in [0.15, 0.2) is 0 Å². The van der Waals surface area contributed by atoms with Crippen LogP contribution in [-0.4, -0.2) is 10.5 Å². The summed E-state index contributed by atoms with van der Waals surface area (Å²) in [7, 11) is 0. The van der Waals surface area contributed by atoms with Gasteiger partial charge in [0.15, 0.2) is 0 Å². The molecule has 0 spiro atoms. The summed E-state index contributed by atoms with van der Waals surface area (Å²) < 4.78 is 0. The second-order valence-electron chi connectivity index (χ2n) is 4.35. The quantitative estimate of drug-likeness (QED) is 0.413. The zero-order valence-electron chi connectivity index (χ0n) is 9.17. The van der Waals surface area contributed by atoms with E-state index >= 15 is 0 Å². The van der Waals surface area contributed by atoms with Crippen molar-refractivity contribution in [3.05, 3.63) is 5.53 Å². The van der Waals surface area contributed by atoms with Gasteiger partial charge in [-0.05, 0) is 12.8 Å². The first-order valence-corrected chi connectivity index (χ1v) is 6.13. The van der Waals surface area contributed by atoms with Crippen molar-refractivity contribution in [1.29, 1.82) is 0 Å². The molecule has 0 saturated heterocycles. The molecule has 1 saturated carbocycles. The number of hydrogen-bond acceptors (Lipinski definition) is 0. The Morgan fingerprint density at radius 2 is 1.00 bits per heavy atom. The molecular weight excluding hydrogens is 172 g/mol. The highest BCUT2D eigenvalue weighted by atomic mass is 14.9. The van der Waals surface area contributed by atoms with Gasteiger partial charge in [0.1, 0.15) is 0 Å². The van der Waals surface area contributed by atoms with Gasteiger partial charge in [-0.15, -0.1) is 0 Å². The lowest BCUT2D eigenvalue weighted by molar-refractivity contribution is -0.0118. The summed E-state index contributed by atoms with van der Waals surface area (Å²) in [6.07, 6.45) is 14.0. The molecule has 0 unspecified atom stereocenters. The SMILES string of the molecule is [N-]=[N+]=C1CCCCCCCCCCC1. The molecule has 0 heterocycles. The van der Waals surface area contributed by atoms with Gasteiger partial charge in [-0.3, -0.25) is 0 Å². The minimum Gasteiger partial charge on any atom is -0.362 e. The average molecular weight is 194 g/mol. The summed E-state index contributed by atoms with van der Waals surface area (Å²) in [5, 5.41) is 0. The Balaban J connectivity index is 2.27. The van der Waals surface area contributed by atoms with E-state index in [0.29, 0.717) is 0 Å². The molecule has 0 atom stereocenters. The van der Waals surface area contributed by atoms with Crippen molar-refractivity contribution >= 4 is 5.71 Å². The third-order valence-electron chi connectivity index (χ3n) is 3.07. The fraction of sp³-hybridized carbons (Fsp3) is 0.917. The zero-order valence-corrected chi connectivity index (χ0v) is 9.17. The fourth-order valence-corrected chi connectivity index (χ4v) is 2.12. The maximum atomic E-state index is 8.78. The van der Waals surface area contributed by atoms with E-state index in [0.717, 1.165) is 18.6 Å². The van der Waals surface area contributed by atoms with Gasteiger partial charge in [-0.1, -0.05) is 44.9 Å². The topological polar surface area (TPSA) is 36.4 Å². The molecule has 0 aromatic carbocycles. The second kappa shape index (κ2) is 7.75. The molecule has 0 aromatic heterocycles. The minimum absolute atomic E-state index is 1.01. The summed E-state index contributed by atoms with van der Waals surface area (Å²) in [5.74, 6) is 0. The first-order chi connectivity index (χ1) is 6.93. The lowest BCUT2D eigenvalue weighted by Crippen LogP contribution is -2.00. The van der Waals surface area contributed by atoms with Crippen molar-refractivity contribution in [3.8, 4) is 0 Å². The zero-order chi connectivity index (χ0) is 10.1. The van der Waals surface area contributed by atoms with Gasteiger partial charge in [0.05, 0.1) is 0 Å². The predicted molar refractivity (Wildman–Crippen MR) is 59.4 cm³/mol. The molecule has 0 bridgehead atoms.